The first-order chi connectivity index (χ1) is 8.10. The van der Waals surface area contributed by atoms with Crippen molar-refractivity contribution in [3.05, 3.63) is 39.1 Å². The highest BCUT2D eigenvalue weighted by Gasteiger charge is 2.13. The summed E-state index contributed by atoms with van der Waals surface area (Å²) in [5, 5.41) is 10.3. The Balaban J connectivity index is 2.26. The number of rotatable bonds is 4. The molecule has 1 N–H and O–H groups in total. The van der Waals surface area contributed by atoms with Crippen LogP contribution in [0.2, 0.25) is 5.02 Å². The molecular formula is C11H11ClN2O2S. The predicted octanol–water partition coefficient (Wildman–Crippen LogP) is 2.91. The van der Waals surface area contributed by atoms with Gasteiger partial charge in [0.2, 0.25) is 0 Å². The summed E-state index contributed by atoms with van der Waals surface area (Å²) in [6.45, 7) is 2.51. The van der Waals surface area contributed by atoms with Crippen molar-refractivity contribution >= 4 is 28.9 Å². The van der Waals surface area contributed by atoms with Gasteiger partial charge >= 0.3 is 5.97 Å². The molecule has 0 aliphatic heterocycles. The van der Waals surface area contributed by atoms with E-state index in [0.717, 1.165) is 11.4 Å². The molecule has 0 aromatic carbocycles. The van der Waals surface area contributed by atoms with Crippen LogP contribution in [0.3, 0.4) is 0 Å². The van der Waals surface area contributed by atoms with Gasteiger partial charge in [0, 0.05) is 17.3 Å². The molecule has 0 bridgehead atoms. The summed E-state index contributed by atoms with van der Waals surface area (Å²) in [5.41, 5.74) is 0.184. The first-order valence-electron chi connectivity index (χ1n) is 5.12. The molecule has 17 heavy (non-hydrogen) atoms. The largest absolute Gasteiger partial charge is 0.477 e. The molecule has 0 saturated heterocycles. The molecule has 0 radical (unpaired) electrons. The Morgan fingerprint density at radius 1 is 1.65 bits per heavy atom. The molecular weight excluding hydrogens is 260 g/mol. The van der Waals surface area contributed by atoms with Crippen LogP contribution < -0.4 is 0 Å². The number of halogens is 1. The summed E-state index contributed by atoms with van der Waals surface area (Å²) in [4.78, 5) is 16.4. The lowest BCUT2D eigenvalue weighted by atomic mass is 10.4. The summed E-state index contributed by atoms with van der Waals surface area (Å²) in [5.74, 6) is -0.982. The highest BCUT2D eigenvalue weighted by molar-refractivity contribution is 7.11. The molecule has 0 fully saturated rings. The van der Waals surface area contributed by atoms with Crippen molar-refractivity contribution < 1.29 is 9.90 Å². The van der Waals surface area contributed by atoms with E-state index in [9.17, 15) is 4.79 Å². The lowest BCUT2D eigenvalue weighted by Gasteiger charge is -2.02. The fourth-order valence-electron chi connectivity index (χ4n) is 1.51. The summed E-state index contributed by atoms with van der Waals surface area (Å²) < 4.78 is 1.60. The third-order valence-electron chi connectivity index (χ3n) is 2.34. The second-order valence-corrected chi connectivity index (χ2v) is 5.19. The van der Waals surface area contributed by atoms with Crippen molar-refractivity contribution in [3.63, 3.8) is 0 Å². The number of aromatic nitrogens is 2. The molecule has 0 atom stereocenters. The van der Waals surface area contributed by atoms with Crippen molar-refractivity contribution in [3.8, 4) is 0 Å². The highest BCUT2D eigenvalue weighted by Crippen LogP contribution is 2.19. The molecule has 4 nitrogen and oxygen atoms in total. The van der Waals surface area contributed by atoms with Gasteiger partial charge in [-0.25, -0.2) is 9.78 Å². The van der Waals surface area contributed by atoms with Crippen molar-refractivity contribution in [1.29, 1.82) is 0 Å². The molecule has 0 aliphatic rings. The number of aromatic carboxylic acids is 1. The minimum Gasteiger partial charge on any atom is -0.477 e. The highest BCUT2D eigenvalue weighted by atomic mass is 35.5. The summed E-state index contributed by atoms with van der Waals surface area (Å²) in [6, 6.07) is 1.44. The molecule has 2 aromatic heterocycles. The normalized spacial score (nSPS) is 10.7. The van der Waals surface area contributed by atoms with Crippen molar-refractivity contribution in [2.24, 2.45) is 0 Å². The van der Waals surface area contributed by atoms with Gasteiger partial charge in [-0.1, -0.05) is 18.5 Å². The molecule has 2 aromatic rings. The van der Waals surface area contributed by atoms with E-state index in [4.69, 9.17) is 16.7 Å². The quantitative estimate of drug-likeness (QED) is 0.929. The third kappa shape index (κ3) is 2.68. The maximum atomic E-state index is 11.0. The van der Waals surface area contributed by atoms with Crippen LogP contribution >= 0.6 is 22.9 Å². The minimum absolute atomic E-state index is 0.184. The van der Waals surface area contributed by atoms with Crippen LogP contribution in [-0.2, 0) is 13.0 Å². The first kappa shape index (κ1) is 12.1. The lowest BCUT2D eigenvalue weighted by molar-refractivity contribution is 0.0685. The Labute approximate surface area is 107 Å². The number of carboxylic acid groups (broad SMARTS) is 1. The van der Waals surface area contributed by atoms with Crippen molar-refractivity contribution in [2.45, 2.75) is 19.9 Å². The van der Waals surface area contributed by atoms with Crippen LogP contribution in [0.25, 0.3) is 0 Å². The number of aryl methyl sites for hydroxylation is 1. The Hall–Kier alpha value is -1.33. The van der Waals surface area contributed by atoms with E-state index >= 15 is 0 Å². The van der Waals surface area contributed by atoms with Gasteiger partial charge < -0.3 is 9.67 Å². The van der Waals surface area contributed by atoms with Crippen molar-refractivity contribution in [2.75, 3.05) is 0 Å². The Morgan fingerprint density at radius 3 is 3.00 bits per heavy atom. The van der Waals surface area contributed by atoms with E-state index in [1.165, 1.54) is 10.9 Å². The zero-order valence-corrected chi connectivity index (χ0v) is 10.8. The number of nitrogens with zero attached hydrogens (tertiary/aromatic N) is 2. The second kappa shape index (κ2) is 4.89. The molecule has 0 amide bonds. The number of hydrogen-bond acceptors (Lipinski definition) is 3. The zero-order chi connectivity index (χ0) is 12.4. The SMILES string of the molecule is CCc1cnc(Cn2cc(Cl)cc2C(=O)O)s1. The summed E-state index contributed by atoms with van der Waals surface area (Å²) in [6.07, 6.45) is 4.37. The molecule has 6 heteroatoms. The summed E-state index contributed by atoms with van der Waals surface area (Å²) >= 11 is 7.40. The minimum atomic E-state index is -0.982. The Bertz CT molecular complexity index is 547. The monoisotopic (exact) mass is 270 g/mol. The van der Waals surface area contributed by atoms with Crippen LogP contribution in [0, 0.1) is 0 Å². The Kier molecular flexibility index (Phi) is 3.49. The molecule has 0 unspecified atom stereocenters. The van der Waals surface area contributed by atoms with Gasteiger partial charge in [0.1, 0.15) is 10.7 Å². The smallest absolute Gasteiger partial charge is 0.352 e. The molecule has 2 rings (SSSR count). The van der Waals surface area contributed by atoms with Gasteiger partial charge in [0.25, 0.3) is 0 Å². The van der Waals surface area contributed by atoms with Crippen molar-refractivity contribution in [1.82, 2.24) is 9.55 Å². The fraction of sp³-hybridized carbons (Fsp3) is 0.273. The van der Waals surface area contributed by atoms with Gasteiger partial charge in [-0.05, 0) is 12.5 Å². The number of carboxylic acids is 1. The fourth-order valence-corrected chi connectivity index (χ4v) is 2.60. The van der Waals surface area contributed by atoms with E-state index < -0.39 is 5.97 Å². The standard InChI is InChI=1S/C11H11ClN2O2S/c1-2-8-4-13-10(17-8)6-14-5-7(12)3-9(14)11(15)16/h3-5H,2,6H2,1H3,(H,15,16). The van der Waals surface area contributed by atoms with Crippen LogP contribution in [0.5, 0.6) is 0 Å². The van der Waals surface area contributed by atoms with E-state index in [1.54, 1.807) is 22.1 Å². The van der Waals surface area contributed by atoms with Gasteiger partial charge in [-0.2, -0.15) is 0 Å². The molecule has 0 aliphatic carbocycles. The van der Waals surface area contributed by atoms with Crippen LogP contribution in [0.1, 0.15) is 27.3 Å². The maximum absolute atomic E-state index is 11.0. The van der Waals surface area contributed by atoms with Gasteiger partial charge in [-0.15, -0.1) is 11.3 Å². The molecule has 2 heterocycles. The van der Waals surface area contributed by atoms with Gasteiger partial charge in [-0.3, -0.25) is 0 Å². The van der Waals surface area contributed by atoms with Crippen LogP contribution in [0.4, 0.5) is 0 Å². The average molecular weight is 271 g/mol. The zero-order valence-electron chi connectivity index (χ0n) is 9.18. The van der Waals surface area contributed by atoms with Crippen LogP contribution in [-0.4, -0.2) is 20.6 Å². The molecule has 90 valence electrons. The molecule has 0 saturated carbocycles. The predicted molar refractivity (Wildman–Crippen MR) is 67.0 cm³/mol. The van der Waals surface area contributed by atoms with Gasteiger partial charge in [0.15, 0.2) is 0 Å². The Morgan fingerprint density at radius 2 is 2.41 bits per heavy atom. The topological polar surface area (TPSA) is 55.1 Å². The number of carbonyl (C=O) groups is 1. The number of hydrogen-bond donors (Lipinski definition) is 1. The average Bonchev–Trinajstić information content (AvgIpc) is 2.85. The van der Waals surface area contributed by atoms with E-state index in [-0.39, 0.29) is 5.69 Å². The molecule has 0 spiro atoms. The lowest BCUT2D eigenvalue weighted by Crippen LogP contribution is -2.08. The van der Waals surface area contributed by atoms with E-state index in [0.29, 0.717) is 11.6 Å². The maximum Gasteiger partial charge on any atom is 0.352 e. The van der Waals surface area contributed by atoms with Crippen LogP contribution in [0.15, 0.2) is 18.5 Å². The third-order valence-corrected chi connectivity index (χ3v) is 3.67. The summed E-state index contributed by atoms with van der Waals surface area (Å²) in [7, 11) is 0. The number of thiazole rings is 1. The van der Waals surface area contributed by atoms with E-state index in [2.05, 4.69) is 11.9 Å². The van der Waals surface area contributed by atoms with Gasteiger partial charge in [0.05, 0.1) is 11.6 Å². The second-order valence-electron chi connectivity index (χ2n) is 3.55. The first-order valence-corrected chi connectivity index (χ1v) is 6.32. The van der Waals surface area contributed by atoms with E-state index in [1.807, 2.05) is 6.20 Å².